The molecule has 1 saturated carbocycles. The lowest BCUT2D eigenvalue weighted by atomic mass is 9.89. The van der Waals surface area contributed by atoms with E-state index in [0.29, 0.717) is 0 Å². The minimum absolute atomic E-state index is 0.979. The van der Waals surface area contributed by atoms with Gasteiger partial charge in [-0.25, -0.2) is 0 Å². The standard InChI is InChI=1S/C11H22S/c1-4-5-9(2)10-6-7-11(8-10)12-3/h9-11H,4-8H2,1-3H3. The molecule has 0 radical (unpaired) electrons. The third kappa shape index (κ3) is 2.69. The molecule has 1 fully saturated rings. The van der Waals surface area contributed by atoms with E-state index < -0.39 is 0 Å². The van der Waals surface area contributed by atoms with Gasteiger partial charge in [0.15, 0.2) is 0 Å². The van der Waals surface area contributed by atoms with Gasteiger partial charge in [0.2, 0.25) is 0 Å². The van der Waals surface area contributed by atoms with Gasteiger partial charge in [0, 0.05) is 5.25 Å². The van der Waals surface area contributed by atoms with Crippen LogP contribution in [0.5, 0.6) is 0 Å². The van der Waals surface area contributed by atoms with Crippen molar-refractivity contribution in [3.8, 4) is 0 Å². The summed E-state index contributed by atoms with van der Waals surface area (Å²) in [4.78, 5) is 0. The van der Waals surface area contributed by atoms with Gasteiger partial charge in [0.1, 0.15) is 0 Å². The minimum atomic E-state index is 0.979. The molecule has 0 N–H and O–H groups in total. The fraction of sp³-hybridized carbons (Fsp3) is 1.00. The first-order valence-electron chi connectivity index (χ1n) is 5.30. The van der Waals surface area contributed by atoms with Gasteiger partial charge in [-0.1, -0.05) is 26.7 Å². The van der Waals surface area contributed by atoms with Gasteiger partial charge < -0.3 is 0 Å². The molecular weight excluding hydrogens is 164 g/mol. The fourth-order valence-corrected chi connectivity index (χ4v) is 3.21. The zero-order valence-electron chi connectivity index (χ0n) is 8.68. The molecule has 72 valence electrons. The largest absolute Gasteiger partial charge is 0.162 e. The molecule has 0 aromatic heterocycles. The normalized spacial score (nSPS) is 32.2. The van der Waals surface area contributed by atoms with Crippen LogP contribution in [0.1, 0.15) is 46.0 Å². The Kier molecular flexibility index (Phi) is 4.49. The van der Waals surface area contributed by atoms with Crippen molar-refractivity contribution in [2.75, 3.05) is 6.26 Å². The zero-order valence-corrected chi connectivity index (χ0v) is 9.49. The highest BCUT2D eigenvalue weighted by Crippen LogP contribution is 2.38. The van der Waals surface area contributed by atoms with Crippen LogP contribution in [0.3, 0.4) is 0 Å². The van der Waals surface area contributed by atoms with Gasteiger partial charge in [-0.05, 0) is 37.4 Å². The van der Waals surface area contributed by atoms with Gasteiger partial charge >= 0.3 is 0 Å². The van der Waals surface area contributed by atoms with Crippen molar-refractivity contribution < 1.29 is 0 Å². The van der Waals surface area contributed by atoms with Gasteiger partial charge in [0.25, 0.3) is 0 Å². The first-order valence-corrected chi connectivity index (χ1v) is 6.59. The van der Waals surface area contributed by atoms with E-state index in [1.165, 1.54) is 32.1 Å². The number of hydrogen-bond donors (Lipinski definition) is 0. The molecule has 0 heterocycles. The summed E-state index contributed by atoms with van der Waals surface area (Å²) in [7, 11) is 0. The third-order valence-electron chi connectivity index (χ3n) is 3.31. The maximum Gasteiger partial charge on any atom is 0.00471 e. The second-order valence-corrected chi connectivity index (χ2v) is 5.33. The molecule has 1 aliphatic carbocycles. The summed E-state index contributed by atoms with van der Waals surface area (Å²) < 4.78 is 0. The van der Waals surface area contributed by atoms with E-state index in [-0.39, 0.29) is 0 Å². The maximum absolute atomic E-state index is 2.44. The van der Waals surface area contributed by atoms with E-state index in [2.05, 4.69) is 31.9 Å². The fourth-order valence-electron chi connectivity index (χ4n) is 2.40. The quantitative estimate of drug-likeness (QED) is 0.640. The van der Waals surface area contributed by atoms with Crippen LogP contribution in [-0.4, -0.2) is 11.5 Å². The molecule has 0 nitrogen and oxygen atoms in total. The second kappa shape index (κ2) is 5.16. The Morgan fingerprint density at radius 1 is 1.42 bits per heavy atom. The lowest BCUT2D eigenvalue weighted by Crippen LogP contribution is -2.08. The van der Waals surface area contributed by atoms with Crippen molar-refractivity contribution in [2.24, 2.45) is 11.8 Å². The van der Waals surface area contributed by atoms with Gasteiger partial charge in [-0.15, -0.1) is 0 Å². The molecule has 0 aromatic rings. The summed E-state index contributed by atoms with van der Waals surface area (Å²) >= 11 is 2.07. The van der Waals surface area contributed by atoms with E-state index in [9.17, 15) is 0 Å². The summed E-state index contributed by atoms with van der Waals surface area (Å²) in [5, 5.41) is 0.981. The van der Waals surface area contributed by atoms with Gasteiger partial charge in [-0.3, -0.25) is 0 Å². The summed E-state index contributed by atoms with van der Waals surface area (Å²) in [5.74, 6) is 2.02. The molecule has 12 heavy (non-hydrogen) atoms. The predicted octanol–water partition coefficient (Wildman–Crippen LogP) is 3.95. The van der Waals surface area contributed by atoms with Crippen molar-refractivity contribution in [3.05, 3.63) is 0 Å². The minimum Gasteiger partial charge on any atom is -0.162 e. The molecule has 1 aliphatic rings. The van der Waals surface area contributed by atoms with Gasteiger partial charge in [0.05, 0.1) is 0 Å². The van der Waals surface area contributed by atoms with Crippen LogP contribution in [0.15, 0.2) is 0 Å². The van der Waals surface area contributed by atoms with E-state index in [4.69, 9.17) is 0 Å². The highest BCUT2D eigenvalue weighted by Gasteiger charge is 2.27. The summed E-state index contributed by atoms with van der Waals surface area (Å²) in [6.45, 7) is 4.74. The molecular formula is C11H22S. The maximum atomic E-state index is 2.44. The summed E-state index contributed by atoms with van der Waals surface area (Å²) in [6.07, 6.45) is 9.51. The number of rotatable bonds is 4. The molecule has 0 aliphatic heterocycles. The van der Waals surface area contributed by atoms with Crippen LogP contribution >= 0.6 is 11.8 Å². The molecule has 0 aromatic carbocycles. The lowest BCUT2D eigenvalue weighted by Gasteiger charge is -2.18. The lowest BCUT2D eigenvalue weighted by molar-refractivity contribution is 0.343. The number of hydrogen-bond acceptors (Lipinski definition) is 1. The summed E-state index contributed by atoms with van der Waals surface area (Å²) in [5.41, 5.74) is 0. The molecule has 3 atom stereocenters. The smallest absolute Gasteiger partial charge is 0.00471 e. The van der Waals surface area contributed by atoms with Crippen LogP contribution in [0.4, 0.5) is 0 Å². The predicted molar refractivity (Wildman–Crippen MR) is 58.7 cm³/mol. The molecule has 3 unspecified atom stereocenters. The number of thioether (sulfide) groups is 1. The Hall–Kier alpha value is 0.350. The van der Waals surface area contributed by atoms with E-state index in [0.717, 1.165) is 17.1 Å². The molecule has 1 rings (SSSR count). The van der Waals surface area contributed by atoms with Crippen molar-refractivity contribution >= 4 is 11.8 Å². The molecule has 0 bridgehead atoms. The van der Waals surface area contributed by atoms with E-state index in [1.807, 2.05) is 0 Å². The molecule has 0 spiro atoms. The average Bonchev–Trinajstić information content (AvgIpc) is 2.52. The Labute approximate surface area is 81.5 Å². The Bertz CT molecular complexity index is 122. The van der Waals surface area contributed by atoms with Crippen molar-refractivity contribution in [3.63, 3.8) is 0 Å². The van der Waals surface area contributed by atoms with E-state index in [1.54, 1.807) is 0 Å². The third-order valence-corrected chi connectivity index (χ3v) is 4.40. The molecule has 1 heteroatoms. The van der Waals surface area contributed by atoms with Crippen LogP contribution in [0.25, 0.3) is 0 Å². The monoisotopic (exact) mass is 186 g/mol. The summed E-state index contributed by atoms with van der Waals surface area (Å²) in [6, 6.07) is 0. The highest BCUT2D eigenvalue weighted by molar-refractivity contribution is 7.99. The van der Waals surface area contributed by atoms with Crippen molar-refractivity contribution in [1.29, 1.82) is 0 Å². The van der Waals surface area contributed by atoms with Crippen LogP contribution in [-0.2, 0) is 0 Å². The van der Waals surface area contributed by atoms with Crippen molar-refractivity contribution in [1.82, 2.24) is 0 Å². The SMILES string of the molecule is CCCC(C)C1CCC(SC)C1. The topological polar surface area (TPSA) is 0 Å². The van der Waals surface area contributed by atoms with Crippen LogP contribution < -0.4 is 0 Å². The average molecular weight is 186 g/mol. The van der Waals surface area contributed by atoms with Crippen LogP contribution in [0.2, 0.25) is 0 Å². The van der Waals surface area contributed by atoms with Crippen LogP contribution in [0, 0.1) is 11.8 Å². The first kappa shape index (κ1) is 10.4. The van der Waals surface area contributed by atoms with E-state index >= 15 is 0 Å². The Balaban J connectivity index is 2.25. The highest BCUT2D eigenvalue weighted by atomic mass is 32.2. The Morgan fingerprint density at radius 2 is 2.17 bits per heavy atom. The molecule has 0 saturated heterocycles. The van der Waals surface area contributed by atoms with Crippen molar-refractivity contribution in [2.45, 2.75) is 51.2 Å². The van der Waals surface area contributed by atoms with Gasteiger partial charge in [-0.2, -0.15) is 11.8 Å². The molecule has 0 amide bonds. The Morgan fingerprint density at radius 3 is 2.67 bits per heavy atom. The second-order valence-electron chi connectivity index (χ2n) is 4.20. The first-order chi connectivity index (χ1) is 5.77. The zero-order chi connectivity index (χ0) is 8.97.